The molecule has 5 rings (SSSR count). The van der Waals surface area contributed by atoms with Gasteiger partial charge in [0.1, 0.15) is 5.69 Å². The third kappa shape index (κ3) is 2.20. The highest BCUT2D eigenvalue weighted by molar-refractivity contribution is 6.12. The molecular weight excluding hydrogens is 341 g/mol. The summed E-state index contributed by atoms with van der Waals surface area (Å²) < 4.78 is 39.5. The van der Waals surface area contributed by atoms with Crippen LogP contribution < -0.4 is 5.32 Å². The first-order valence-electron chi connectivity index (χ1n) is 8.35. The van der Waals surface area contributed by atoms with E-state index in [1.807, 2.05) is 24.3 Å². The van der Waals surface area contributed by atoms with Gasteiger partial charge < -0.3 is 5.32 Å². The summed E-state index contributed by atoms with van der Waals surface area (Å²) in [6, 6.07) is 9.96. The van der Waals surface area contributed by atoms with Gasteiger partial charge in [0.05, 0.1) is 33.3 Å². The summed E-state index contributed by atoms with van der Waals surface area (Å²) in [6.07, 6.45) is -2.86. The summed E-state index contributed by atoms with van der Waals surface area (Å²) in [5.74, 6) is 0. The van der Waals surface area contributed by atoms with E-state index in [9.17, 15) is 13.2 Å². The van der Waals surface area contributed by atoms with E-state index in [4.69, 9.17) is 9.97 Å². The molecule has 1 aliphatic rings. The van der Waals surface area contributed by atoms with Crippen molar-refractivity contribution in [3.63, 3.8) is 0 Å². The van der Waals surface area contributed by atoms with Gasteiger partial charge in [-0.1, -0.05) is 12.1 Å². The number of alkyl halides is 3. The van der Waals surface area contributed by atoms with Gasteiger partial charge in [-0.05, 0) is 37.1 Å². The number of fused-ring (bicyclic) bond motifs is 7. The predicted octanol–water partition coefficient (Wildman–Crippen LogP) is 4.71. The third-order valence-electron chi connectivity index (χ3n) is 4.74. The molecule has 2 aromatic heterocycles. The minimum atomic E-state index is -4.49. The van der Waals surface area contributed by atoms with Gasteiger partial charge >= 0.3 is 6.18 Å². The first-order valence-corrected chi connectivity index (χ1v) is 8.35. The molecule has 130 valence electrons. The Balaban J connectivity index is 1.96. The molecule has 4 nitrogen and oxygen atoms in total. The fourth-order valence-corrected chi connectivity index (χ4v) is 3.57. The quantitative estimate of drug-likeness (QED) is 0.367. The van der Waals surface area contributed by atoms with Crippen molar-refractivity contribution in [2.45, 2.75) is 19.0 Å². The molecule has 4 aromatic rings. The molecule has 0 saturated carbocycles. The topological polar surface area (TPSA) is 50.7 Å². The Morgan fingerprint density at radius 2 is 1.58 bits per heavy atom. The van der Waals surface area contributed by atoms with Gasteiger partial charge in [-0.2, -0.15) is 13.2 Å². The summed E-state index contributed by atoms with van der Waals surface area (Å²) in [4.78, 5) is 13.4. The molecule has 3 heterocycles. The zero-order chi connectivity index (χ0) is 17.9. The van der Waals surface area contributed by atoms with Gasteiger partial charge in [0.25, 0.3) is 0 Å². The Kier molecular flexibility index (Phi) is 3.10. The Morgan fingerprint density at radius 1 is 0.846 bits per heavy atom. The Bertz CT molecular complexity index is 1180. The van der Waals surface area contributed by atoms with Crippen molar-refractivity contribution < 1.29 is 13.2 Å². The fourth-order valence-electron chi connectivity index (χ4n) is 3.57. The molecule has 0 spiro atoms. The van der Waals surface area contributed by atoms with Gasteiger partial charge in [-0.25, -0.2) is 15.0 Å². The van der Waals surface area contributed by atoms with Gasteiger partial charge in [0.2, 0.25) is 0 Å². The maximum absolute atomic E-state index is 13.2. The third-order valence-corrected chi connectivity index (χ3v) is 4.74. The second-order valence-corrected chi connectivity index (χ2v) is 6.38. The monoisotopic (exact) mass is 354 g/mol. The normalized spacial score (nSPS) is 14.6. The number of nitrogens with one attached hydrogen (secondary N) is 1. The molecule has 1 N–H and O–H groups in total. The van der Waals surface area contributed by atoms with Crippen molar-refractivity contribution in [1.82, 2.24) is 15.0 Å². The van der Waals surface area contributed by atoms with Crippen molar-refractivity contribution in [3.05, 3.63) is 47.7 Å². The molecule has 0 aliphatic carbocycles. The number of hydrogen-bond donors (Lipinski definition) is 1. The molecule has 0 radical (unpaired) electrons. The van der Waals surface area contributed by atoms with Crippen molar-refractivity contribution in [2.75, 3.05) is 11.9 Å². The van der Waals surface area contributed by atoms with Crippen LogP contribution in [-0.4, -0.2) is 21.5 Å². The number of nitrogens with zero attached hydrogens (tertiary/aromatic N) is 3. The average Bonchev–Trinajstić information content (AvgIpc) is 2.66. The molecule has 26 heavy (non-hydrogen) atoms. The molecule has 0 unspecified atom stereocenters. The maximum Gasteiger partial charge on any atom is 0.433 e. The number of rotatable bonds is 0. The Morgan fingerprint density at radius 3 is 2.31 bits per heavy atom. The first-order chi connectivity index (χ1) is 12.5. The van der Waals surface area contributed by atoms with Gasteiger partial charge in [-0.15, -0.1) is 0 Å². The lowest BCUT2D eigenvalue weighted by Gasteiger charge is -2.22. The van der Waals surface area contributed by atoms with E-state index in [1.165, 1.54) is 6.07 Å². The molecule has 0 fully saturated rings. The highest BCUT2D eigenvalue weighted by Gasteiger charge is 2.33. The van der Waals surface area contributed by atoms with Gasteiger partial charge in [0, 0.05) is 17.5 Å². The number of benzene rings is 2. The van der Waals surface area contributed by atoms with Crippen molar-refractivity contribution in [2.24, 2.45) is 0 Å². The predicted molar refractivity (Wildman–Crippen MR) is 94.2 cm³/mol. The van der Waals surface area contributed by atoms with E-state index in [-0.39, 0.29) is 0 Å². The average molecular weight is 354 g/mol. The summed E-state index contributed by atoms with van der Waals surface area (Å²) in [5, 5.41) is 3.81. The highest BCUT2D eigenvalue weighted by atomic mass is 19.4. The van der Waals surface area contributed by atoms with Crippen LogP contribution in [0.3, 0.4) is 0 Å². The van der Waals surface area contributed by atoms with E-state index in [0.717, 1.165) is 35.5 Å². The number of pyridine rings is 1. The number of halogens is 3. The SMILES string of the molecule is FC(F)(F)c1ccc2c(n1)c1c(c3nc4ccccc4nc32)CCCN1. The van der Waals surface area contributed by atoms with Crippen LogP contribution >= 0.6 is 0 Å². The Hall–Kier alpha value is -2.96. The van der Waals surface area contributed by atoms with Gasteiger partial charge in [-0.3, -0.25) is 0 Å². The zero-order valence-corrected chi connectivity index (χ0v) is 13.6. The molecule has 0 saturated heterocycles. The van der Waals surface area contributed by atoms with Crippen LogP contribution in [0.25, 0.3) is 33.0 Å². The lowest BCUT2D eigenvalue weighted by Crippen LogP contribution is -2.15. The van der Waals surface area contributed by atoms with Gasteiger partial charge in [0.15, 0.2) is 0 Å². The molecule has 0 atom stereocenters. The van der Waals surface area contributed by atoms with Crippen molar-refractivity contribution >= 4 is 38.7 Å². The number of para-hydroxylation sites is 2. The van der Waals surface area contributed by atoms with E-state index in [2.05, 4.69) is 10.3 Å². The standard InChI is InChI=1S/C19H13F3N4/c20-19(21,22)14-8-7-11-16(26-14)15-10(4-3-9-23-15)17-18(11)25-13-6-2-1-5-12(13)24-17/h1-2,5-8,23H,3-4,9H2. The molecule has 2 aromatic carbocycles. The van der Waals surface area contributed by atoms with E-state index in [0.29, 0.717) is 34.2 Å². The molecule has 0 bridgehead atoms. The first kappa shape index (κ1) is 15.3. The second kappa shape index (κ2) is 5.27. The summed E-state index contributed by atoms with van der Waals surface area (Å²) in [7, 11) is 0. The lowest BCUT2D eigenvalue weighted by atomic mass is 9.97. The smallest absolute Gasteiger partial charge is 0.383 e. The van der Waals surface area contributed by atoms with E-state index < -0.39 is 11.9 Å². The highest BCUT2D eigenvalue weighted by Crippen LogP contribution is 2.39. The van der Waals surface area contributed by atoms with Crippen LogP contribution in [0.4, 0.5) is 18.9 Å². The zero-order valence-electron chi connectivity index (χ0n) is 13.6. The molecule has 0 amide bonds. The Labute approximate surface area is 146 Å². The largest absolute Gasteiger partial charge is 0.433 e. The van der Waals surface area contributed by atoms with Crippen LogP contribution in [0.2, 0.25) is 0 Å². The maximum atomic E-state index is 13.2. The minimum absolute atomic E-state index is 0.312. The minimum Gasteiger partial charge on any atom is -0.383 e. The molecular formula is C19H13F3N4. The molecule has 1 aliphatic heterocycles. The lowest BCUT2D eigenvalue weighted by molar-refractivity contribution is -0.140. The number of aryl methyl sites for hydroxylation is 1. The summed E-state index contributed by atoms with van der Waals surface area (Å²) in [5.41, 5.74) is 3.77. The molecule has 7 heteroatoms. The van der Waals surface area contributed by atoms with Crippen LogP contribution in [-0.2, 0) is 12.6 Å². The second-order valence-electron chi connectivity index (χ2n) is 6.38. The van der Waals surface area contributed by atoms with Crippen LogP contribution in [0.15, 0.2) is 36.4 Å². The number of anilines is 1. The fraction of sp³-hybridized carbons (Fsp3) is 0.211. The summed E-state index contributed by atoms with van der Waals surface area (Å²) in [6.45, 7) is 0.701. The van der Waals surface area contributed by atoms with Crippen molar-refractivity contribution in [1.29, 1.82) is 0 Å². The number of aromatic nitrogens is 3. The van der Waals surface area contributed by atoms with Crippen molar-refractivity contribution in [3.8, 4) is 0 Å². The van der Waals surface area contributed by atoms with Crippen LogP contribution in [0, 0.1) is 0 Å². The van der Waals surface area contributed by atoms with Crippen LogP contribution in [0.5, 0.6) is 0 Å². The van der Waals surface area contributed by atoms with E-state index in [1.54, 1.807) is 0 Å². The summed E-state index contributed by atoms with van der Waals surface area (Å²) >= 11 is 0. The number of hydrogen-bond acceptors (Lipinski definition) is 4. The van der Waals surface area contributed by atoms with Crippen LogP contribution in [0.1, 0.15) is 17.7 Å². The van der Waals surface area contributed by atoms with E-state index >= 15 is 0 Å².